The highest BCUT2D eigenvalue weighted by Crippen LogP contribution is 2.32. The lowest BCUT2D eigenvalue weighted by Gasteiger charge is -2.22. The van der Waals surface area contributed by atoms with Gasteiger partial charge in [0, 0.05) is 18.3 Å². The molecule has 1 aliphatic heterocycles. The highest BCUT2D eigenvalue weighted by molar-refractivity contribution is 6.06. The summed E-state index contributed by atoms with van der Waals surface area (Å²) in [5.74, 6) is -0.326. The molecule has 4 heteroatoms. The molecule has 1 unspecified atom stereocenters. The first-order chi connectivity index (χ1) is 12.1. The molecule has 4 nitrogen and oxygen atoms in total. The van der Waals surface area contributed by atoms with Gasteiger partial charge in [-0.1, -0.05) is 48.5 Å². The number of anilines is 1. The van der Waals surface area contributed by atoms with E-state index in [1.807, 2.05) is 49.4 Å². The van der Waals surface area contributed by atoms with Crippen molar-refractivity contribution in [1.29, 1.82) is 0 Å². The summed E-state index contributed by atoms with van der Waals surface area (Å²) in [5, 5.41) is 2.86. The molecule has 1 N–H and O–H groups in total. The molecular formula is C21H24N2O2. The van der Waals surface area contributed by atoms with Crippen LogP contribution in [0.2, 0.25) is 0 Å². The average molecular weight is 336 g/mol. The number of rotatable bonds is 6. The highest BCUT2D eigenvalue weighted by atomic mass is 16.2. The van der Waals surface area contributed by atoms with Gasteiger partial charge in [-0.15, -0.1) is 0 Å². The van der Waals surface area contributed by atoms with Crippen molar-refractivity contribution in [2.75, 3.05) is 11.4 Å². The van der Waals surface area contributed by atoms with Crippen LogP contribution in [0.5, 0.6) is 0 Å². The van der Waals surface area contributed by atoms with Gasteiger partial charge in [0.25, 0.3) is 0 Å². The first-order valence-electron chi connectivity index (χ1n) is 8.86. The summed E-state index contributed by atoms with van der Waals surface area (Å²) in [6.07, 6.45) is 2.54. The maximum Gasteiger partial charge on any atom is 0.236 e. The van der Waals surface area contributed by atoms with Crippen LogP contribution in [0, 0.1) is 0 Å². The normalized spacial score (nSPS) is 15.7. The number of carbonyl (C=O) groups is 2. The van der Waals surface area contributed by atoms with Gasteiger partial charge in [0.2, 0.25) is 11.8 Å². The lowest BCUT2D eigenvalue weighted by atomic mass is 10.1. The van der Waals surface area contributed by atoms with E-state index >= 15 is 0 Å². The first kappa shape index (κ1) is 17.2. The van der Waals surface area contributed by atoms with Crippen LogP contribution in [-0.2, 0) is 22.4 Å². The molecule has 0 spiro atoms. The minimum Gasteiger partial charge on any atom is -0.356 e. The number of aryl methyl sites for hydroxylation is 1. The van der Waals surface area contributed by atoms with E-state index in [0.29, 0.717) is 6.54 Å². The number of fused-ring (bicyclic) bond motifs is 1. The molecule has 1 atom stereocenters. The van der Waals surface area contributed by atoms with Crippen LogP contribution in [0.1, 0.15) is 30.9 Å². The van der Waals surface area contributed by atoms with Gasteiger partial charge in [0.05, 0.1) is 0 Å². The predicted molar refractivity (Wildman–Crippen MR) is 99.5 cm³/mol. The topological polar surface area (TPSA) is 49.4 Å². The van der Waals surface area contributed by atoms with E-state index in [0.717, 1.165) is 24.9 Å². The standard InChI is InChI=1S/C21H24N2O2/c1-16-14-18-11-5-6-12-19(18)23(16)21(25)15-20(24)22-13-7-10-17-8-3-2-4-9-17/h2-6,8-9,11-12,16H,7,10,13-15H2,1H3,(H,22,24). The van der Waals surface area contributed by atoms with Crippen LogP contribution in [0.3, 0.4) is 0 Å². The molecule has 3 rings (SSSR count). The lowest BCUT2D eigenvalue weighted by molar-refractivity contribution is -0.128. The third-order valence-electron chi connectivity index (χ3n) is 4.59. The molecule has 0 fully saturated rings. The van der Waals surface area contributed by atoms with E-state index in [-0.39, 0.29) is 24.3 Å². The second kappa shape index (κ2) is 7.97. The van der Waals surface area contributed by atoms with Crippen LogP contribution >= 0.6 is 0 Å². The number of benzene rings is 2. The summed E-state index contributed by atoms with van der Waals surface area (Å²) >= 11 is 0. The molecule has 0 aromatic heterocycles. The zero-order valence-electron chi connectivity index (χ0n) is 14.6. The number of carbonyl (C=O) groups excluding carboxylic acids is 2. The smallest absolute Gasteiger partial charge is 0.236 e. The van der Waals surface area contributed by atoms with Crippen molar-refractivity contribution in [3.8, 4) is 0 Å². The Kier molecular flexibility index (Phi) is 5.49. The molecule has 1 heterocycles. The number of nitrogens with zero attached hydrogens (tertiary/aromatic N) is 1. The zero-order valence-corrected chi connectivity index (χ0v) is 14.6. The van der Waals surface area contributed by atoms with Gasteiger partial charge in [0.1, 0.15) is 6.42 Å². The van der Waals surface area contributed by atoms with Crippen LogP contribution in [0.4, 0.5) is 5.69 Å². The van der Waals surface area contributed by atoms with Gasteiger partial charge in [-0.25, -0.2) is 0 Å². The zero-order chi connectivity index (χ0) is 17.6. The van der Waals surface area contributed by atoms with Crippen LogP contribution in [-0.4, -0.2) is 24.4 Å². The minimum absolute atomic E-state index is 0.0932. The molecule has 0 aliphatic carbocycles. The van der Waals surface area contributed by atoms with E-state index in [2.05, 4.69) is 17.4 Å². The number of nitrogens with one attached hydrogen (secondary N) is 1. The number of amides is 2. The Balaban J connectivity index is 1.46. The Morgan fingerprint density at radius 1 is 1.08 bits per heavy atom. The quantitative estimate of drug-likeness (QED) is 0.651. The Hall–Kier alpha value is -2.62. The molecule has 2 amide bonds. The van der Waals surface area contributed by atoms with E-state index in [4.69, 9.17) is 0 Å². The summed E-state index contributed by atoms with van der Waals surface area (Å²) in [6.45, 7) is 2.61. The van der Waals surface area contributed by atoms with Crippen molar-refractivity contribution in [2.45, 2.75) is 38.6 Å². The van der Waals surface area contributed by atoms with Crippen molar-refractivity contribution < 1.29 is 9.59 Å². The maximum absolute atomic E-state index is 12.5. The Labute approximate surface area is 148 Å². The van der Waals surface area contributed by atoms with Crippen molar-refractivity contribution in [3.63, 3.8) is 0 Å². The fourth-order valence-electron chi connectivity index (χ4n) is 3.40. The van der Waals surface area contributed by atoms with Crippen molar-refractivity contribution in [1.82, 2.24) is 5.32 Å². The largest absolute Gasteiger partial charge is 0.356 e. The van der Waals surface area contributed by atoms with E-state index in [9.17, 15) is 9.59 Å². The van der Waals surface area contributed by atoms with Crippen LogP contribution in [0.25, 0.3) is 0 Å². The molecule has 0 radical (unpaired) electrons. The average Bonchev–Trinajstić information content (AvgIpc) is 2.95. The second-order valence-corrected chi connectivity index (χ2v) is 6.56. The van der Waals surface area contributed by atoms with Gasteiger partial charge in [-0.05, 0) is 43.4 Å². The van der Waals surface area contributed by atoms with E-state index in [1.165, 1.54) is 11.1 Å². The summed E-state index contributed by atoms with van der Waals surface area (Å²) in [6, 6.07) is 18.2. The Bertz CT molecular complexity index is 743. The van der Waals surface area contributed by atoms with Crippen molar-refractivity contribution in [3.05, 3.63) is 65.7 Å². The summed E-state index contributed by atoms with van der Waals surface area (Å²) < 4.78 is 0. The van der Waals surface area contributed by atoms with E-state index < -0.39 is 0 Å². The molecule has 25 heavy (non-hydrogen) atoms. The fourth-order valence-corrected chi connectivity index (χ4v) is 3.40. The number of para-hydroxylation sites is 1. The maximum atomic E-state index is 12.5. The molecule has 2 aromatic rings. The molecule has 0 saturated carbocycles. The number of hydrogen-bond acceptors (Lipinski definition) is 2. The molecule has 0 bridgehead atoms. The number of hydrogen-bond donors (Lipinski definition) is 1. The molecule has 130 valence electrons. The monoisotopic (exact) mass is 336 g/mol. The lowest BCUT2D eigenvalue weighted by Crippen LogP contribution is -2.39. The van der Waals surface area contributed by atoms with Crippen LogP contribution in [0.15, 0.2) is 54.6 Å². The summed E-state index contributed by atoms with van der Waals surface area (Å²) in [5.41, 5.74) is 3.37. The molecule has 2 aromatic carbocycles. The second-order valence-electron chi connectivity index (χ2n) is 6.56. The van der Waals surface area contributed by atoms with Gasteiger partial charge < -0.3 is 10.2 Å². The van der Waals surface area contributed by atoms with Gasteiger partial charge >= 0.3 is 0 Å². The third kappa shape index (κ3) is 4.27. The molecule has 0 saturated heterocycles. The summed E-state index contributed by atoms with van der Waals surface area (Å²) in [4.78, 5) is 26.4. The van der Waals surface area contributed by atoms with Gasteiger partial charge in [-0.2, -0.15) is 0 Å². The fraction of sp³-hybridized carbons (Fsp3) is 0.333. The predicted octanol–water partition coefficient (Wildman–Crippen LogP) is 3.10. The van der Waals surface area contributed by atoms with Gasteiger partial charge in [-0.3, -0.25) is 9.59 Å². The Morgan fingerprint density at radius 2 is 1.80 bits per heavy atom. The van der Waals surface area contributed by atoms with Crippen molar-refractivity contribution >= 4 is 17.5 Å². The SMILES string of the molecule is CC1Cc2ccccc2N1C(=O)CC(=O)NCCCc1ccccc1. The van der Waals surface area contributed by atoms with E-state index in [1.54, 1.807) is 4.90 Å². The summed E-state index contributed by atoms with van der Waals surface area (Å²) in [7, 11) is 0. The van der Waals surface area contributed by atoms with Crippen molar-refractivity contribution in [2.24, 2.45) is 0 Å². The minimum atomic E-state index is -0.199. The Morgan fingerprint density at radius 3 is 2.60 bits per heavy atom. The highest BCUT2D eigenvalue weighted by Gasteiger charge is 2.31. The molecule has 1 aliphatic rings. The van der Waals surface area contributed by atoms with Crippen LogP contribution < -0.4 is 10.2 Å². The van der Waals surface area contributed by atoms with Gasteiger partial charge in [0.15, 0.2) is 0 Å². The first-order valence-corrected chi connectivity index (χ1v) is 8.86. The molecular weight excluding hydrogens is 312 g/mol. The third-order valence-corrected chi connectivity index (χ3v) is 4.59.